The molecule has 186 valence electrons. The van der Waals surface area contributed by atoms with Gasteiger partial charge in [0.25, 0.3) is 0 Å². The quantitative estimate of drug-likeness (QED) is 0.339. The zero-order valence-corrected chi connectivity index (χ0v) is 20.0. The average Bonchev–Trinajstić information content (AvgIpc) is 3.58. The summed E-state index contributed by atoms with van der Waals surface area (Å²) < 4.78 is 20.6. The highest BCUT2D eigenvalue weighted by Crippen LogP contribution is 2.29. The first-order valence-electron chi connectivity index (χ1n) is 11.7. The van der Waals surface area contributed by atoms with Crippen LogP contribution in [0.2, 0.25) is 0 Å². The van der Waals surface area contributed by atoms with Crippen molar-refractivity contribution in [2.75, 3.05) is 4.90 Å². The number of nitrogens with zero attached hydrogens (tertiary/aromatic N) is 4. The first-order chi connectivity index (χ1) is 18.0. The van der Waals surface area contributed by atoms with Gasteiger partial charge in [-0.1, -0.05) is 47.2 Å². The Morgan fingerprint density at radius 3 is 2.49 bits per heavy atom. The van der Waals surface area contributed by atoms with Gasteiger partial charge in [-0.3, -0.25) is 14.5 Å². The van der Waals surface area contributed by atoms with Gasteiger partial charge in [0.15, 0.2) is 0 Å². The number of carbonyl (C=O) groups excluding carboxylic acids is 2. The van der Waals surface area contributed by atoms with Crippen molar-refractivity contribution in [1.82, 2.24) is 20.3 Å². The zero-order valence-electron chi connectivity index (χ0n) is 20.0. The molecule has 1 N–H and O–H groups in total. The van der Waals surface area contributed by atoms with E-state index in [1.54, 1.807) is 24.3 Å². The van der Waals surface area contributed by atoms with E-state index in [9.17, 15) is 14.0 Å². The van der Waals surface area contributed by atoms with Crippen molar-refractivity contribution in [1.29, 1.82) is 0 Å². The Kier molecular flexibility index (Phi) is 6.76. The van der Waals surface area contributed by atoms with Crippen molar-refractivity contribution in [3.63, 3.8) is 0 Å². The fraction of sp³-hybridized carbons (Fsp3) is 0.143. The summed E-state index contributed by atoms with van der Waals surface area (Å²) in [6.45, 7) is 1.91. The van der Waals surface area contributed by atoms with E-state index in [1.165, 1.54) is 40.1 Å². The van der Waals surface area contributed by atoms with Crippen LogP contribution < -0.4 is 10.2 Å². The molecule has 0 bridgehead atoms. The molecule has 3 aromatic carbocycles. The highest BCUT2D eigenvalue weighted by Gasteiger charge is 2.33. The topological polar surface area (TPSA) is 93.3 Å². The lowest BCUT2D eigenvalue weighted by atomic mass is 10.0. The van der Waals surface area contributed by atoms with Crippen LogP contribution in [0.5, 0.6) is 0 Å². The van der Waals surface area contributed by atoms with Gasteiger partial charge in [0.05, 0.1) is 18.3 Å². The van der Waals surface area contributed by atoms with Gasteiger partial charge in [-0.25, -0.2) is 9.07 Å². The standard InChI is InChI=1S/C28H24FN5O3/c1-19-8-14-22(15-9-19)34(26(35)18-33-25-7-3-2-6-24(25)31-32-33)27(20-10-12-21(29)13-11-20)28(36)30-17-23-5-4-16-37-23/h2-16,27H,17-18H2,1H3,(H,30,36). The average molecular weight is 498 g/mol. The van der Waals surface area contributed by atoms with E-state index in [2.05, 4.69) is 15.6 Å². The third kappa shape index (κ3) is 5.25. The maximum atomic E-state index is 13.9. The van der Waals surface area contributed by atoms with E-state index in [4.69, 9.17) is 4.42 Å². The number of rotatable bonds is 8. The molecule has 0 saturated heterocycles. The smallest absolute Gasteiger partial charge is 0.249 e. The fourth-order valence-electron chi connectivity index (χ4n) is 4.13. The first-order valence-corrected chi connectivity index (χ1v) is 11.7. The van der Waals surface area contributed by atoms with Crippen LogP contribution in [0.15, 0.2) is 95.6 Å². The van der Waals surface area contributed by atoms with Crippen molar-refractivity contribution in [2.24, 2.45) is 0 Å². The Labute approximate surface area is 212 Å². The molecule has 0 aliphatic rings. The number of para-hydroxylation sites is 1. The largest absolute Gasteiger partial charge is 0.467 e. The summed E-state index contributed by atoms with van der Waals surface area (Å²) in [7, 11) is 0. The first kappa shape index (κ1) is 23.9. The number of aromatic nitrogens is 3. The van der Waals surface area contributed by atoms with E-state index in [1.807, 2.05) is 43.3 Å². The van der Waals surface area contributed by atoms with Crippen molar-refractivity contribution < 1.29 is 18.4 Å². The van der Waals surface area contributed by atoms with Gasteiger partial charge in [0, 0.05) is 5.69 Å². The number of fused-ring (bicyclic) bond motifs is 1. The number of anilines is 1. The number of hydrogen-bond donors (Lipinski definition) is 1. The van der Waals surface area contributed by atoms with Crippen LogP contribution in [-0.4, -0.2) is 26.8 Å². The van der Waals surface area contributed by atoms with Gasteiger partial charge in [-0.2, -0.15) is 0 Å². The van der Waals surface area contributed by atoms with Crippen LogP contribution >= 0.6 is 0 Å². The van der Waals surface area contributed by atoms with Crippen LogP contribution in [-0.2, 0) is 22.7 Å². The molecule has 0 spiro atoms. The molecule has 0 aliphatic heterocycles. The van der Waals surface area contributed by atoms with Crippen molar-refractivity contribution >= 4 is 28.5 Å². The number of benzene rings is 3. The van der Waals surface area contributed by atoms with Crippen LogP contribution in [0, 0.1) is 12.7 Å². The Hall–Kier alpha value is -4.79. The minimum atomic E-state index is -1.08. The van der Waals surface area contributed by atoms with Crippen molar-refractivity contribution in [2.45, 2.75) is 26.1 Å². The van der Waals surface area contributed by atoms with Crippen LogP contribution in [0.25, 0.3) is 11.0 Å². The second kappa shape index (κ2) is 10.4. The Bertz CT molecular complexity index is 1510. The minimum Gasteiger partial charge on any atom is -0.467 e. The van der Waals surface area contributed by atoms with Crippen LogP contribution in [0.4, 0.5) is 10.1 Å². The molecule has 1 atom stereocenters. The summed E-state index contributed by atoms with van der Waals surface area (Å²) in [5.74, 6) is -0.711. The summed E-state index contributed by atoms with van der Waals surface area (Å²) in [5, 5.41) is 11.1. The SMILES string of the molecule is Cc1ccc(N(C(=O)Cn2nnc3ccccc32)C(C(=O)NCc2ccco2)c2ccc(F)cc2)cc1. The normalized spacial score (nSPS) is 11.8. The number of furan rings is 1. The summed E-state index contributed by atoms with van der Waals surface area (Å²) in [6, 6.07) is 22.5. The van der Waals surface area contributed by atoms with Crippen molar-refractivity contribution in [3.8, 4) is 0 Å². The molecule has 0 saturated carbocycles. The lowest BCUT2D eigenvalue weighted by Crippen LogP contribution is -2.45. The van der Waals surface area contributed by atoms with E-state index in [0.29, 0.717) is 28.0 Å². The zero-order chi connectivity index (χ0) is 25.8. The van der Waals surface area contributed by atoms with Gasteiger partial charge in [0.2, 0.25) is 11.8 Å². The van der Waals surface area contributed by atoms with Crippen LogP contribution in [0.3, 0.4) is 0 Å². The molecule has 2 aromatic heterocycles. The molecule has 0 aliphatic carbocycles. The third-order valence-corrected chi connectivity index (χ3v) is 6.00. The third-order valence-electron chi connectivity index (χ3n) is 6.00. The number of hydrogen-bond acceptors (Lipinski definition) is 5. The number of carbonyl (C=O) groups is 2. The number of halogens is 1. The minimum absolute atomic E-state index is 0.132. The molecule has 2 amide bonds. The summed E-state index contributed by atoms with van der Waals surface area (Å²) in [4.78, 5) is 29.0. The second-order valence-electron chi connectivity index (χ2n) is 8.59. The van der Waals surface area contributed by atoms with Gasteiger partial charge >= 0.3 is 0 Å². The second-order valence-corrected chi connectivity index (χ2v) is 8.59. The van der Waals surface area contributed by atoms with E-state index >= 15 is 0 Å². The molecule has 37 heavy (non-hydrogen) atoms. The maximum absolute atomic E-state index is 13.9. The Balaban J connectivity index is 1.55. The summed E-state index contributed by atoms with van der Waals surface area (Å²) in [6.07, 6.45) is 1.52. The summed E-state index contributed by atoms with van der Waals surface area (Å²) in [5.41, 5.74) is 3.32. The number of aryl methyl sites for hydroxylation is 1. The lowest BCUT2D eigenvalue weighted by Gasteiger charge is -2.31. The molecule has 5 rings (SSSR count). The predicted octanol–water partition coefficient (Wildman–Crippen LogP) is 4.56. The summed E-state index contributed by atoms with van der Waals surface area (Å²) >= 11 is 0. The van der Waals surface area contributed by atoms with Gasteiger partial charge in [-0.05, 0) is 61.0 Å². The molecular formula is C28H24FN5O3. The van der Waals surface area contributed by atoms with E-state index in [-0.39, 0.29) is 19.0 Å². The number of nitrogens with one attached hydrogen (secondary N) is 1. The van der Waals surface area contributed by atoms with Crippen LogP contribution in [0.1, 0.15) is 22.9 Å². The maximum Gasteiger partial charge on any atom is 0.249 e. The molecule has 8 nitrogen and oxygen atoms in total. The molecule has 9 heteroatoms. The fourth-order valence-corrected chi connectivity index (χ4v) is 4.13. The van der Waals surface area contributed by atoms with Gasteiger partial charge in [0.1, 0.15) is 29.7 Å². The highest BCUT2D eigenvalue weighted by molar-refractivity contribution is 6.01. The Morgan fingerprint density at radius 1 is 1.00 bits per heavy atom. The lowest BCUT2D eigenvalue weighted by molar-refractivity contribution is -0.127. The van der Waals surface area contributed by atoms with Gasteiger partial charge in [-0.15, -0.1) is 5.10 Å². The van der Waals surface area contributed by atoms with Gasteiger partial charge < -0.3 is 9.73 Å². The predicted molar refractivity (Wildman–Crippen MR) is 136 cm³/mol. The number of amides is 2. The molecule has 1 unspecified atom stereocenters. The van der Waals surface area contributed by atoms with E-state index in [0.717, 1.165) is 5.56 Å². The molecule has 2 heterocycles. The molecular weight excluding hydrogens is 473 g/mol. The Morgan fingerprint density at radius 2 is 1.76 bits per heavy atom. The highest BCUT2D eigenvalue weighted by atomic mass is 19.1. The molecule has 0 fully saturated rings. The monoisotopic (exact) mass is 497 g/mol. The molecule has 0 radical (unpaired) electrons. The van der Waals surface area contributed by atoms with E-state index < -0.39 is 17.8 Å². The molecule has 5 aromatic rings. The van der Waals surface area contributed by atoms with Crippen molar-refractivity contribution in [3.05, 3.63) is 114 Å².